The fraction of sp³-hybridized carbons (Fsp3) is 1.00. The second kappa shape index (κ2) is 7.72. The molecule has 3 atom stereocenters. The van der Waals surface area contributed by atoms with E-state index >= 15 is 0 Å². The summed E-state index contributed by atoms with van der Waals surface area (Å²) in [5.41, 5.74) is 0. The van der Waals surface area contributed by atoms with Gasteiger partial charge in [-0.2, -0.15) is 11.8 Å². The molecule has 0 spiro atoms. The molecule has 0 aromatic rings. The van der Waals surface area contributed by atoms with E-state index in [1.807, 2.05) is 0 Å². The summed E-state index contributed by atoms with van der Waals surface area (Å²) in [6.45, 7) is 5.25. The van der Waals surface area contributed by atoms with Crippen molar-refractivity contribution in [3.63, 3.8) is 0 Å². The first-order valence-corrected chi connectivity index (χ1v) is 9.59. The van der Waals surface area contributed by atoms with Crippen LogP contribution in [0, 0.1) is 0 Å². The van der Waals surface area contributed by atoms with Gasteiger partial charge in [0.15, 0.2) is 0 Å². The maximum atomic E-state index is 12.2. The summed E-state index contributed by atoms with van der Waals surface area (Å²) in [5, 5.41) is 3.24. The number of sulfonamides is 1. The Bertz CT molecular complexity index is 333. The van der Waals surface area contributed by atoms with Gasteiger partial charge in [0, 0.05) is 17.8 Å². The Hall–Kier alpha value is 0.220. The molecule has 1 saturated carbocycles. The smallest absolute Gasteiger partial charge is 0.215 e. The molecule has 0 radical (unpaired) electrons. The summed E-state index contributed by atoms with van der Waals surface area (Å²) >= 11 is 1.77. The van der Waals surface area contributed by atoms with Gasteiger partial charge < -0.3 is 5.32 Å². The maximum absolute atomic E-state index is 12.2. The summed E-state index contributed by atoms with van der Waals surface area (Å²) in [6, 6.07) is 0.124. The van der Waals surface area contributed by atoms with Crippen LogP contribution in [0.1, 0.15) is 39.5 Å². The molecule has 1 fully saturated rings. The summed E-state index contributed by atoms with van der Waals surface area (Å²) in [6.07, 6.45) is 6.30. The van der Waals surface area contributed by atoms with Gasteiger partial charge in [0.1, 0.15) is 0 Å². The van der Waals surface area contributed by atoms with E-state index in [4.69, 9.17) is 0 Å². The van der Waals surface area contributed by atoms with Crippen molar-refractivity contribution in [2.24, 2.45) is 0 Å². The zero-order valence-corrected chi connectivity index (χ0v) is 13.2. The van der Waals surface area contributed by atoms with E-state index < -0.39 is 10.0 Å². The minimum absolute atomic E-state index is 0.124. The number of hydrogen-bond acceptors (Lipinski definition) is 4. The highest BCUT2D eigenvalue weighted by atomic mass is 32.2. The van der Waals surface area contributed by atoms with Crippen molar-refractivity contribution in [3.05, 3.63) is 0 Å². The number of thioether (sulfide) groups is 1. The lowest BCUT2D eigenvalue weighted by Gasteiger charge is -2.22. The van der Waals surface area contributed by atoms with Crippen molar-refractivity contribution in [3.8, 4) is 0 Å². The average molecular weight is 294 g/mol. The first-order chi connectivity index (χ1) is 8.51. The lowest BCUT2D eigenvalue weighted by atomic mass is 10.3. The minimum atomic E-state index is -3.19. The van der Waals surface area contributed by atoms with Gasteiger partial charge in [0.25, 0.3) is 0 Å². The number of hydrogen-bond donors (Lipinski definition) is 2. The van der Waals surface area contributed by atoms with E-state index in [0.29, 0.717) is 11.8 Å². The van der Waals surface area contributed by atoms with Gasteiger partial charge in [0.2, 0.25) is 10.0 Å². The Morgan fingerprint density at radius 1 is 1.39 bits per heavy atom. The predicted molar refractivity (Wildman–Crippen MR) is 79.6 cm³/mol. The first-order valence-electron chi connectivity index (χ1n) is 6.76. The molecule has 2 N–H and O–H groups in total. The van der Waals surface area contributed by atoms with Crippen molar-refractivity contribution in [1.29, 1.82) is 0 Å². The van der Waals surface area contributed by atoms with E-state index in [9.17, 15) is 8.42 Å². The summed E-state index contributed by atoms with van der Waals surface area (Å²) in [4.78, 5) is 0. The molecular formula is C12H26N2O2S2. The zero-order chi connectivity index (χ0) is 13.6. The van der Waals surface area contributed by atoms with Crippen molar-refractivity contribution in [2.75, 3.05) is 19.3 Å². The lowest BCUT2D eigenvalue weighted by Crippen LogP contribution is -2.45. The quantitative estimate of drug-likeness (QED) is 0.667. The molecule has 1 rings (SSSR count). The monoisotopic (exact) mass is 294 g/mol. The van der Waals surface area contributed by atoms with Gasteiger partial charge >= 0.3 is 0 Å². The van der Waals surface area contributed by atoms with Crippen molar-refractivity contribution >= 4 is 21.8 Å². The second-order valence-electron chi connectivity index (χ2n) is 4.99. The maximum Gasteiger partial charge on any atom is 0.215 e. The molecule has 18 heavy (non-hydrogen) atoms. The highest BCUT2D eigenvalue weighted by Crippen LogP contribution is 2.29. The third-order valence-corrected chi connectivity index (χ3v) is 6.49. The van der Waals surface area contributed by atoms with Crippen LogP contribution < -0.4 is 10.0 Å². The fourth-order valence-electron chi connectivity index (χ4n) is 2.26. The number of rotatable bonds is 8. The Labute approximate surface area is 116 Å². The predicted octanol–water partition coefficient (Wildman–Crippen LogP) is 1.58. The molecule has 0 saturated heterocycles. The Kier molecular flexibility index (Phi) is 6.98. The van der Waals surface area contributed by atoms with Gasteiger partial charge in [-0.3, -0.25) is 0 Å². The Morgan fingerprint density at radius 2 is 2.11 bits per heavy atom. The van der Waals surface area contributed by atoms with E-state index in [1.54, 1.807) is 18.7 Å². The van der Waals surface area contributed by atoms with Crippen LogP contribution in [0.3, 0.4) is 0 Å². The lowest BCUT2D eigenvalue weighted by molar-refractivity contribution is 0.535. The molecule has 0 aliphatic heterocycles. The van der Waals surface area contributed by atoms with E-state index in [0.717, 1.165) is 32.2 Å². The molecular weight excluding hydrogens is 268 g/mol. The molecule has 0 amide bonds. The van der Waals surface area contributed by atoms with Crippen LogP contribution in [0.25, 0.3) is 0 Å². The molecule has 0 heterocycles. The first kappa shape index (κ1) is 16.3. The topological polar surface area (TPSA) is 58.2 Å². The third-order valence-electron chi connectivity index (χ3n) is 3.46. The number of nitrogens with one attached hydrogen (secondary N) is 2. The third kappa shape index (κ3) is 4.72. The van der Waals surface area contributed by atoms with Crippen molar-refractivity contribution in [2.45, 2.75) is 56.1 Å². The zero-order valence-electron chi connectivity index (χ0n) is 11.6. The standard InChI is InChI=1S/C12H26N2O2S2/c1-4-8-13-9-10(2)18(15,16)14-11-6-5-7-12(11)17-3/h10-14H,4-9H2,1-3H3. The molecule has 0 bridgehead atoms. The molecule has 4 nitrogen and oxygen atoms in total. The van der Waals surface area contributed by atoms with E-state index in [2.05, 4.69) is 23.2 Å². The van der Waals surface area contributed by atoms with Crippen LogP contribution in [0.5, 0.6) is 0 Å². The normalized spacial score (nSPS) is 26.4. The van der Waals surface area contributed by atoms with Crippen LogP contribution in [-0.4, -0.2) is 44.3 Å². The SMILES string of the molecule is CCCNCC(C)S(=O)(=O)NC1CCCC1SC. The molecule has 0 aromatic carbocycles. The highest BCUT2D eigenvalue weighted by molar-refractivity contribution is 7.99. The van der Waals surface area contributed by atoms with Crippen LogP contribution in [0.2, 0.25) is 0 Å². The van der Waals surface area contributed by atoms with Crippen molar-refractivity contribution < 1.29 is 8.42 Å². The van der Waals surface area contributed by atoms with Crippen LogP contribution in [-0.2, 0) is 10.0 Å². The minimum Gasteiger partial charge on any atom is -0.315 e. The van der Waals surface area contributed by atoms with Crippen LogP contribution in [0.4, 0.5) is 0 Å². The molecule has 1 aliphatic rings. The van der Waals surface area contributed by atoms with E-state index in [-0.39, 0.29) is 11.3 Å². The summed E-state index contributed by atoms with van der Waals surface area (Å²) in [7, 11) is -3.19. The molecule has 1 aliphatic carbocycles. The Balaban J connectivity index is 2.47. The second-order valence-corrected chi connectivity index (χ2v) is 8.20. The summed E-state index contributed by atoms with van der Waals surface area (Å²) in [5.74, 6) is 0. The molecule has 6 heteroatoms. The molecule has 3 unspecified atom stereocenters. The van der Waals surface area contributed by atoms with Gasteiger partial charge in [-0.1, -0.05) is 13.3 Å². The van der Waals surface area contributed by atoms with Gasteiger partial charge in [0.05, 0.1) is 5.25 Å². The fourth-order valence-corrected chi connectivity index (χ4v) is 4.56. The molecule has 108 valence electrons. The van der Waals surface area contributed by atoms with Gasteiger partial charge in [-0.15, -0.1) is 0 Å². The highest BCUT2D eigenvalue weighted by Gasteiger charge is 2.32. The molecule has 0 aromatic heterocycles. The van der Waals surface area contributed by atoms with Gasteiger partial charge in [-0.25, -0.2) is 13.1 Å². The average Bonchev–Trinajstić information content (AvgIpc) is 2.75. The Morgan fingerprint density at radius 3 is 2.72 bits per heavy atom. The van der Waals surface area contributed by atoms with E-state index in [1.165, 1.54) is 0 Å². The largest absolute Gasteiger partial charge is 0.315 e. The van der Waals surface area contributed by atoms with Gasteiger partial charge in [-0.05, 0) is 39.0 Å². The summed E-state index contributed by atoms with van der Waals surface area (Å²) < 4.78 is 27.3. The van der Waals surface area contributed by atoms with Crippen LogP contribution in [0.15, 0.2) is 0 Å². The van der Waals surface area contributed by atoms with Crippen LogP contribution >= 0.6 is 11.8 Å². The van der Waals surface area contributed by atoms with Crippen molar-refractivity contribution in [1.82, 2.24) is 10.0 Å².